The van der Waals surface area contributed by atoms with Crippen molar-refractivity contribution in [1.29, 1.82) is 0 Å². The Morgan fingerprint density at radius 1 is 0.960 bits per heavy atom. The molecular formula is C20H24N2O3. The lowest BCUT2D eigenvalue weighted by molar-refractivity contribution is -0.137. The lowest BCUT2D eigenvalue weighted by Crippen LogP contribution is -2.44. The van der Waals surface area contributed by atoms with Gasteiger partial charge in [0.2, 0.25) is 0 Å². The second-order valence-electron chi connectivity index (χ2n) is 6.07. The SMILES string of the molecule is C[C@H](NC(=O)NC(CCC(=O)O)Cc1ccccc1)c1ccccc1. The van der Waals surface area contributed by atoms with Gasteiger partial charge in [-0.05, 0) is 30.9 Å². The molecule has 0 fully saturated rings. The van der Waals surface area contributed by atoms with Crippen molar-refractivity contribution in [3.05, 3.63) is 71.8 Å². The average molecular weight is 340 g/mol. The van der Waals surface area contributed by atoms with Crippen molar-refractivity contribution >= 4 is 12.0 Å². The van der Waals surface area contributed by atoms with Crippen LogP contribution in [-0.2, 0) is 11.2 Å². The molecule has 25 heavy (non-hydrogen) atoms. The van der Waals surface area contributed by atoms with Crippen molar-refractivity contribution in [3.8, 4) is 0 Å². The van der Waals surface area contributed by atoms with Crippen LogP contribution in [0.25, 0.3) is 0 Å². The van der Waals surface area contributed by atoms with Crippen LogP contribution < -0.4 is 10.6 Å². The summed E-state index contributed by atoms with van der Waals surface area (Å²) in [6, 6.07) is 18.8. The zero-order valence-corrected chi connectivity index (χ0v) is 14.3. The predicted molar refractivity (Wildman–Crippen MR) is 97.3 cm³/mol. The number of carbonyl (C=O) groups excluding carboxylic acids is 1. The fourth-order valence-electron chi connectivity index (χ4n) is 2.67. The molecule has 0 aliphatic rings. The van der Waals surface area contributed by atoms with Crippen LogP contribution in [0, 0.1) is 0 Å². The highest BCUT2D eigenvalue weighted by Crippen LogP contribution is 2.12. The van der Waals surface area contributed by atoms with Gasteiger partial charge in [-0.15, -0.1) is 0 Å². The standard InChI is InChI=1S/C20H24N2O3/c1-15(17-10-6-3-7-11-17)21-20(25)22-18(12-13-19(23)24)14-16-8-4-2-5-9-16/h2-11,15,18H,12-14H2,1H3,(H,23,24)(H2,21,22,25)/t15-,18?/m0/s1. The molecule has 2 aromatic rings. The van der Waals surface area contributed by atoms with Gasteiger partial charge in [-0.1, -0.05) is 60.7 Å². The first kappa shape index (κ1) is 18.5. The molecule has 2 amide bonds. The predicted octanol–water partition coefficient (Wildman–Crippen LogP) is 3.52. The Morgan fingerprint density at radius 3 is 2.16 bits per heavy atom. The van der Waals surface area contributed by atoms with Crippen LogP contribution in [0.3, 0.4) is 0 Å². The molecule has 0 bridgehead atoms. The van der Waals surface area contributed by atoms with E-state index in [2.05, 4.69) is 10.6 Å². The van der Waals surface area contributed by atoms with Crippen molar-refractivity contribution in [1.82, 2.24) is 10.6 Å². The monoisotopic (exact) mass is 340 g/mol. The highest BCUT2D eigenvalue weighted by Gasteiger charge is 2.16. The average Bonchev–Trinajstić information content (AvgIpc) is 2.61. The maximum absolute atomic E-state index is 12.3. The largest absolute Gasteiger partial charge is 0.481 e. The van der Waals surface area contributed by atoms with Gasteiger partial charge in [-0.3, -0.25) is 4.79 Å². The maximum Gasteiger partial charge on any atom is 0.315 e. The van der Waals surface area contributed by atoms with Gasteiger partial charge in [0.25, 0.3) is 0 Å². The van der Waals surface area contributed by atoms with Crippen molar-refractivity contribution < 1.29 is 14.7 Å². The van der Waals surface area contributed by atoms with Gasteiger partial charge < -0.3 is 15.7 Å². The topological polar surface area (TPSA) is 78.4 Å². The number of amides is 2. The van der Waals surface area contributed by atoms with E-state index in [4.69, 9.17) is 5.11 Å². The second-order valence-corrected chi connectivity index (χ2v) is 6.07. The molecule has 0 heterocycles. The molecule has 0 saturated carbocycles. The zero-order valence-electron chi connectivity index (χ0n) is 14.3. The molecule has 2 rings (SSSR count). The summed E-state index contributed by atoms with van der Waals surface area (Å²) in [6.07, 6.45) is 1.00. The Balaban J connectivity index is 1.94. The first-order chi connectivity index (χ1) is 12.0. The normalized spacial score (nSPS) is 12.8. The van der Waals surface area contributed by atoms with Gasteiger partial charge in [0.15, 0.2) is 0 Å². The Labute approximate surface area is 148 Å². The van der Waals surface area contributed by atoms with Gasteiger partial charge in [0, 0.05) is 12.5 Å². The van der Waals surface area contributed by atoms with Crippen molar-refractivity contribution in [2.24, 2.45) is 0 Å². The lowest BCUT2D eigenvalue weighted by atomic mass is 10.0. The molecule has 0 saturated heterocycles. The first-order valence-corrected chi connectivity index (χ1v) is 8.42. The van der Waals surface area contributed by atoms with Gasteiger partial charge in [0.1, 0.15) is 0 Å². The molecule has 0 aromatic heterocycles. The van der Waals surface area contributed by atoms with Crippen LogP contribution in [0.15, 0.2) is 60.7 Å². The number of rotatable bonds is 8. The van der Waals surface area contributed by atoms with E-state index in [0.29, 0.717) is 12.8 Å². The minimum atomic E-state index is -0.863. The summed E-state index contributed by atoms with van der Waals surface area (Å²) < 4.78 is 0. The van der Waals surface area contributed by atoms with Crippen LogP contribution in [0.4, 0.5) is 4.79 Å². The molecule has 132 valence electrons. The third-order valence-electron chi connectivity index (χ3n) is 4.01. The van der Waals surface area contributed by atoms with Crippen molar-refractivity contribution in [2.75, 3.05) is 0 Å². The van der Waals surface area contributed by atoms with E-state index in [9.17, 15) is 9.59 Å². The number of aliphatic carboxylic acids is 1. The van der Waals surface area contributed by atoms with Crippen molar-refractivity contribution in [2.45, 2.75) is 38.3 Å². The number of benzene rings is 2. The summed E-state index contributed by atoms with van der Waals surface area (Å²) in [4.78, 5) is 23.2. The second kappa shape index (κ2) is 9.47. The number of hydrogen-bond donors (Lipinski definition) is 3. The number of carbonyl (C=O) groups is 2. The maximum atomic E-state index is 12.3. The summed E-state index contributed by atoms with van der Waals surface area (Å²) in [6.45, 7) is 1.92. The van der Waals surface area contributed by atoms with Crippen LogP contribution in [0.1, 0.15) is 36.9 Å². The molecule has 0 aliphatic carbocycles. The molecule has 1 unspecified atom stereocenters. The quantitative estimate of drug-likeness (QED) is 0.688. The highest BCUT2D eigenvalue weighted by atomic mass is 16.4. The van der Waals surface area contributed by atoms with E-state index >= 15 is 0 Å². The molecule has 0 spiro atoms. The summed E-state index contributed by atoms with van der Waals surface area (Å²) in [5.74, 6) is -0.863. The summed E-state index contributed by atoms with van der Waals surface area (Å²) in [5, 5.41) is 14.7. The smallest absolute Gasteiger partial charge is 0.315 e. The molecule has 3 N–H and O–H groups in total. The van der Waals surface area contributed by atoms with E-state index in [1.807, 2.05) is 67.6 Å². The van der Waals surface area contributed by atoms with Crippen molar-refractivity contribution in [3.63, 3.8) is 0 Å². The summed E-state index contributed by atoms with van der Waals surface area (Å²) in [7, 11) is 0. The summed E-state index contributed by atoms with van der Waals surface area (Å²) in [5.41, 5.74) is 2.08. The molecule has 0 radical (unpaired) electrons. The lowest BCUT2D eigenvalue weighted by Gasteiger charge is -2.21. The molecule has 5 nitrogen and oxygen atoms in total. The third kappa shape index (κ3) is 6.67. The molecule has 2 aromatic carbocycles. The first-order valence-electron chi connectivity index (χ1n) is 8.42. The van der Waals surface area contributed by atoms with E-state index in [0.717, 1.165) is 11.1 Å². The van der Waals surface area contributed by atoms with E-state index in [-0.39, 0.29) is 24.5 Å². The van der Waals surface area contributed by atoms with Gasteiger partial charge in [0.05, 0.1) is 6.04 Å². The number of carboxylic acid groups (broad SMARTS) is 1. The number of hydrogen-bond acceptors (Lipinski definition) is 2. The fourth-order valence-corrected chi connectivity index (χ4v) is 2.67. The number of nitrogens with one attached hydrogen (secondary N) is 2. The Hall–Kier alpha value is -2.82. The Kier molecular flexibility index (Phi) is 7.01. The fraction of sp³-hybridized carbons (Fsp3) is 0.300. The van der Waals surface area contributed by atoms with E-state index in [1.165, 1.54) is 0 Å². The number of urea groups is 1. The van der Waals surface area contributed by atoms with E-state index < -0.39 is 5.97 Å². The van der Waals surface area contributed by atoms with Crippen LogP contribution in [0.2, 0.25) is 0 Å². The molecule has 5 heteroatoms. The minimum Gasteiger partial charge on any atom is -0.481 e. The van der Waals surface area contributed by atoms with Gasteiger partial charge >= 0.3 is 12.0 Å². The molecule has 0 aliphatic heterocycles. The minimum absolute atomic E-state index is 0.0199. The molecule has 2 atom stereocenters. The number of carboxylic acids is 1. The van der Waals surface area contributed by atoms with Gasteiger partial charge in [-0.2, -0.15) is 0 Å². The highest BCUT2D eigenvalue weighted by molar-refractivity contribution is 5.75. The zero-order chi connectivity index (χ0) is 18.1. The van der Waals surface area contributed by atoms with Crippen LogP contribution in [0.5, 0.6) is 0 Å². The van der Waals surface area contributed by atoms with Crippen LogP contribution in [-0.4, -0.2) is 23.1 Å². The Bertz CT molecular complexity index is 674. The molecular weight excluding hydrogens is 316 g/mol. The van der Waals surface area contributed by atoms with E-state index in [1.54, 1.807) is 0 Å². The Morgan fingerprint density at radius 2 is 1.56 bits per heavy atom. The third-order valence-corrected chi connectivity index (χ3v) is 4.01. The van der Waals surface area contributed by atoms with Crippen LogP contribution >= 0.6 is 0 Å². The summed E-state index contributed by atoms with van der Waals surface area (Å²) >= 11 is 0. The van der Waals surface area contributed by atoms with Gasteiger partial charge in [-0.25, -0.2) is 4.79 Å².